The van der Waals surface area contributed by atoms with Gasteiger partial charge in [-0.1, -0.05) is 32.1 Å². The maximum atomic E-state index is 5.58. The molecule has 0 bridgehead atoms. The molecule has 0 aliphatic heterocycles. The molecule has 0 radical (unpaired) electrons. The standard InChI is InChI=1S/C16H27N/c1-3-7-14(4-2)17-15-8-12-16(13-9-15)10-5-6-11-16/h2,14-15,17H,3,5-13H2,1H3. The molecule has 0 amide bonds. The van der Waals surface area contributed by atoms with E-state index in [1.807, 2.05) is 0 Å². The van der Waals surface area contributed by atoms with Gasteiger partial charge >= 0.3 is 0 Å². The summed E-state index contributed by atoms with van der Waals surface area (Å²) in [6, 6.07) is 0.997. The van der Waals surface area contributed by atoms with E-state index >= 15 is 0 Å². The summed E-state index contributed by atoms with van der Waals surface area (Å²) in [7, 11) is 0. The highest BCUT2D eigenvalue weighted by Gasteiger charge is 2.37. The van der Waals surface area contributed by atoms with Crippen molar-refractivity contribution in [3.05, 3.63) is 0 Å². The Labute approximate surface area is 107 Å². The molecule has 17 heavy (non-hydrogen) atoms. The zero-order chi connectivity index (χ0) is 12.1. The fourth-order valence-electron chi connectivity index (χ4n) is 3.81. The average molecular weight is 233 g/mol. The summed E-state index contributed by atoms with van der Waals surface area (Å²) in [6.45, 7) is 2.21. The van der Waals surface area contributed by atoms with Gasteiger partial charge < -0.3 is 5.32 Å². The Bertz CT molecular complexity index is 260. The Morgan fingerprint density at radius 2 is 1.88 bits per heavy atom. The lowest BCUT2D eigenvalue weighted by molar-refractivity contribution is 0.165. The van der Waals surface area contributed by atoms with E-state index < -0.39 is 0 Å². The van der Waals surface area contributed by atoms with Crippen LogP contribution in [0.15, 0.2) is 0 Å². The van der Waals surface area contributed by atoms with Crippen molar-refractivity contribution >= 4 is 0 Å². The molecular formula is C16H27N. The molecule has 1 unspecified atom stereocenters. The molecule has 1 nitrogen and oxygen atoms in total. The molecule has 0 heterocycles. The zero-order valence-corrected chi connectivity index (χ0v) is 11.3. The maximum Gasteiger partial charge on any atom is 0.0688 e. The van der Waals surface area contributed by atoms with Crippen LogP contribution >= 0.6 is 0 Å². The van der Waals surface area contributed by atoms with Crippen molar-refractivity contribution in [3.8, 4) is 12.3 Å². The van der Waals surface area contributed by atoms with Crippen molar-refractivity contribution in [2.45, 2.75) is 83.2 Å². The van der Waals surface area contributed by atoms with Crippen LogP contribution in [0, 0.1) is 17.8 Å². The van der Waals surface area contributed by atoms with Gasteiger partial charge in [-0.25, -0.2) is 0 Å². The number of nitrogens with one attached hydrogen (secondary N) is 1. The Morgan fingerprint density at radius 3 is 2.41 bits per heavy atom. The second-order valence-corrected chi connectivity index (χ2v) is 6.16. The van der Waals surface area contributed by atoms with Gasteiger partial charge in [-0.15, -0.1) is 6.42 Å². The molecule has 0 aromatic heterocycles. The van der Waals surface area contributed by atoms with Gasteiger partial charge in [0, 0.05) is 6.04 Å². The van der Waals surface area contributed by atoms with E-state index in [1.165, 1.54) is 57.8 Å². The monoisotopic (exact) mass is 233 g/mol. The molecule has 0 aromatic rings. The smallest absolute Gasteiger partial charge is 0.0688 e. The molecule has 96 valence electrons. The minimum absolute atomic E-state index is 0.308. The van der Waals surface area contributed by atoms with E-state index in [9.17, 15) is 0 Å². The van der Waals surface area contributed by atoms with Gasteiger partial charge in [0.25, 0.3) is 0 Å². The first kappa shape index (κ1) is 13.0. The van der Waals surface area contributed by atoms with Gasteiger partial charge in [-0.05, 0) is 50.4 Å². The van der Waals surface area contributed by atoms with Gasteiger partial charge in [0.1, 0.15) is 0 Å². The first-order valence-corrected chi connectivity index (χ1v) is 7.50. The molecule has 1 spiro atoms. The minimum atomic E-state index is 0.308. The molecule has 0 aromatic carbocycles. The minimum Gasteiger partial charge on any atom is -0.301 e. The van der Waals surface area contributed by atoms with Crippen molar-refractivity contribution < 1.29 is 0 Å². The molecular weight excluding hydrogens is 206 g/mol. The van der Waals surface area contributed by atoms with Crippen molar-refractivity contribution in [1.82, 2.24) is 5.32 Å². The molecule has 0 saturated heterocycles. The van der Waals surface area contributed by atoms with Crippen molar-refractivity contribution in [2.75, 3.05) is 0 Å². The first-order chi connectivity index (χ1) is 8.28. The largest absolute Gasteiger partial charge is 0.301 e. The number of hydrogen-bond acceptors (Lipinski definition) is 1. The van der Waals surface area contributed by atoms with Crippen molar-refractivity contribution in [3.63, 3.8) is 0 Å². The first-order valence-electron chi connectivity index (χ1n) is 7.50. The summed E-state index contributed by atoms with van der Waals surface area (Å²) in [5.74, 6) is 2.90. The van der Waals surface area contributed by atoms with E-state index in [1.54, 1.807) is 0 Å². The zero-order valence-electron chi connectivity index (χ0n) is 11.3. The number of terminal acetylenes is 1. The van der Waals surface area contributed by atoms with E-state index in [2.05, 4.69) is 18.2 Å². The van der Waals surface area contributed by atoms with Crippen LogP contribution in [0.3, 0.4) is 0 Å². The maximum absolute atomic E-state index is 5.58. The Morgan fingerprint density at radius 1 is 1.24 bits per heavy atom. The van der Waals surface area contributed by atoms with Crippen LogP contribution in [-0.2, 0) is 0 Å². The molecule has 2 rings (SSSR count). The van der Waals surface area contributed by atoms with Crippen LogP contribution in [0.2, 0.25) is 0 Å². The molecule has 1 N–H and O–H groups in total. The molecule has 1 atom stereocenters. The summed E-state index contributed by atoms with van der Waals surface area (Å²) in [6.07, 6.45) is 19.4. The van der Waals surface area contributed by atoms with Crippen LogP contribution in [0.5, 0.6) is 0 Å². The highest BCUT2D eigenvalue weighted by molar-refractivity contribution is 5.01. The second-order valence-electron chi connectivity index (χ2n) is 6.16. The molecule has 2 saturated carbocycles. The Balaban J connectivity index is 1.77. The van der Waals surface area contributed by atoms with Crippen LogP contribution in [-0.4, -0.2) is 12.1 Å². The third kappa shape index (κ3) is 3.26. The van der Waals surface area contributed by atoms with Crippen molar-refractivity contribution in [2.24, 2.45) is 5.41 Å². The fourth-order valence-corrected chi connectivity index (χ4v) is 3.81. The van der Waals surface area contributed by atoms with Crippen molar-refractivity contribution in [1.29, 1.82) is 0 Å². The normalized spacial score (nSPS) is 25.9. The predicted octanol–water partition coefficient (Wildman–Crippen LogP) is 3.88. The average Bonchev–Trinajstić information content (AvgIpc) is 2.80. The fraction of sp³-hybridized carbons (Fsp3) is 0.875. The van der Waals surface area contributed by atoms with Crippen LogP contribution in [0.1, 0.15) is 71.1 Å². The summed E-state index contributed by atoms with van der Waals surface area (Å²) < 4.78 is 0. The topological polar surface area (TPSA) is 12.0 Å². The third-order valence-electron chi connectivity index (χ3n) is 4.93. The van der Waals surface area contributed by atoms with Crippen LogP contribution in [0.4, 0.5) is 0 Å². The summed E-state index contributed by atoms with van der Waals surface area (Å²) in [4.78, 5) is 0. The third-order valence-corrected chi connectivity index (χ3v) is 4.93. The molecule has 2 aliphatic carbocycles. The van der Waals surface area contributed by atoms with E-state index in [4.69, 9.17) is 6.42 Å². The van der Waals surface area contributed by atoms with Crippen LogP contribution in [0.25, 0.3) is 0 Å². The summed E-state index contributed by atoms with van der Waals surface area (Å²) in [5.41, 5.74) is 0.745. The predicted molar refractivity (Wildman–Crippen MR) is 73.8 cm³/mol. The lowest BCUT2D eigenvalue weighted by Crippen LogP contribution is -2.41. The molecule has 2 aliphatic rings. The number of rotatable bonds is 4. The Kier molecular flexibility index (Phi) is 4.51. The highest BCUT2D eigenvalue weighted by atomic mass is 14.9. The molecule has 1 heteroatoms. The number of hydrogen-bond donors (Lipinski definition) is 1. The van der Waals surface area contributed by atoms with Gasteiger partial charge in [0.05, 0.1) is 6.04 Å². The highest BCUT2D eigenvalue weighted by Crippen LogP contribution is 2.48. The van der Waals surface area contributed by atoms with Gasteiger partial charge in [0.15, 0.2) is 0 Å². The SMILES string of the molecule is C#CC(CCC)NC1CCC2(CCCC2)CC1. The lowest BCUT2D eigenvalue weighted by Gasteiger charge is -2.38. The second kappa shape index (κ2) is 5.91. The molecule has 2 fully saturated rings. The van der Waals surface area contributed by atoms with Gasteiger partial charge in [-0.3, -0.25) is 0 Å². The summed E-state index contributed by atoms with van der Waals surface area (Å²) in [5, 5.41) is 3.68. The van der Waals surface area contributed by atoms with E-state index in [0.29, 0.717) is 12.1 Å². The Hall–Kier alpha value is -0.480. The van der Waals surface area contributed by atoms with Gasteiger partial charge in [0.2, 0.25) is 0 Å². The van der Waals surface area contributed by atoms with E-state index in [0.717, 1.165) is 11.8 Å². The van der Waals surface area contributed by atoms with E-state index in [-0.39, 0.29) is 0 Å². The summed E-state index contributed by atoms with van der Waals surface area (Å²) >= 11 is 0. The lowest BCUT2D eigenvalue weighted by atomic mass is 9.71. The van der Waals surface area contributed by atoms with Crippen LogP contribution < -0.4 is 5.32 Å². The quantitative estimate of drug-likeness (QED) is 0.727. The van der Waals surface area contributed by atoms with Gasteiger partial charge in [-0.2, -0.15) is 0 Å².